The minimum atomic E-state index is -0.226. The van der Waals surface area contributed by atoms with Crippen LogP contribution in [0.2, 0.25) is 0 Å². The van der Waals surface area contributed by atoms with Crippen LogP contribution in [0.1, 0.15) is 68.6 Å². The van der Waals surface area contributed by atoms with E-state index in [9.17, 15) is 19.8 Å². The minimum Gasteiger partial charge on any atom is -0.391 e. The second-order valence-corrected chi connectivity index (χ2v) is 18.3. The van der Waals surface area contributed by atoms with Crippen molar-refractivity contribution < 1.29 is 24.4 Å². The van der Waals surface area contributed by atoms with Crippen LogP contribution in [0.4, 0.5) is 11.4 Å². The number of carbonyl (C=O) groups excluding carboxylic acids is 2. The van der Waals surface area contributed by atoms with Gasteiger partial charge in [-0.15, -0.1) is 0 Å². The van der Waals surface area contributed by atoms with Crippen LogP contribution in [-0.4, -0.2) is 122 Å². The van der Waals surface area contributed by atoms with Gasteiger partial charge in [-0.2, -0.15) is 0 Å². The molecule has 2 aromatic carbocycles. The minimum absolute atomic E-state index is 0.146. The molecular formula is C48H65N6O4S2+. The summed E-state index contributed by atoms with van der Waals surface area (Å²) in [5.74, 6) is 2.13. The van der Waals surface area contributed by atoms with Gasteiger partial charge in [0.25, 0.3) is 0 Å². The summed E-state index contributed by atoms with van der Waals surface area (Å²) in [4.78, 5) is 37.9. The van der Waals surface area contributed by atoms with Crippen molar-refractivity contribution in [3.05, 3.63) is 107 Å². The average Bonchev–Trinajstić information content (AvgIpc) is 3.92. The Balaban J connectivity index is 0.860. The highest BCUT2D eigenvalue weighted by Crippen LogP contribution is 2.25. The highest BCUT2D eigenvalue weighted by molar-refractivity contribution is 8.76. The fourth-order valence-electron chi connectivity index (χ4n) is 6.97. The zero-order valence-corrected chi connectivity index (χ0v) is 37.4. The summed E-state index contributed by atoms with van der Waals surface area (Å²) in [6.45, 7) is 7.90. The number of amides is 2. The van der Waals surface area contributed by atoms with Gasteiger partial charge in [-0.05, 0) is 84.7 Å². The summed E-state index contributed by atoms with van der Waals surface area (Å²) in [6.07, 6.45) is 21.3. The molecule has 0 saturated carbocycles. The van der Waals surface area contributed by atoms with E-state index in [1.165, 1.54) is 5.57 Å². The van der Waals surface area contributed by atoms with Crippen molar-refractivity contribution in [1.29, 1.82) is 0 Å². The number of hydrogen-bond donors (Lipinski definition) is 2. The molecule has 2 unspecified atom stereocenters. The Labute approximate surface area is 366 Å². The molecule has 2 atom stereocenters. The van der Waals surface area contributed by atoms with Crippen LogP contribution in [0, 0.1) is 0 Å². The number of anilines is 2. The molecule has 60 heavy (non-hydrogen) atoms. The van der Waals surface area contributed by atoms with E-state index < -0.39 is 0 Å². The predicted octanol–water partition coefficient (Wildman–Crippen LogP) is 7.27. The van der Waals surface area contributed by atoms with Gasteiger partial charge in [-0.25, -0.2) is 4.57 Å². The molecule has 0 radical (unpaired) electrons. The van der Waals surface area contributed by atoms with E-state index >= 15 is 0 Å². The second-order valence-electron chi connectivity index (χ2n) is 15.6. The second kappa shape index (κ2) is 25.4. The van der Waals surface area contributed by atoms with Gasteiger partial charge >= 0.3 is 0 Å². The maximum Gasteiger partial charge on any atom is 0.222 e. The Morgan fingerprint density at radius 1 is 0.750 bits per heavy atom. The highest BCUT2D eigenvalue weighted by Gasteiger charge is 2.21. The van der Waals surface area contributed by atoms with Crippen LogP contribution in [0.25, 0.3) is 18.2 Å². The predicted molar refractivity (Wildman–Crippen MR) is 254 cm³/mol. The van der Waals surface area contributed by atoms with Crippen molar-refractivity contribution >= 4 is 69.2 Å². The first-order valence-electron chi connectivity index (χ1n) is 21.5. The number of likely N-dealkylation sites (N-methyl/N-ethyl adjacent to an activating group) is 2. The third-order valence-corrected chi connectivity index (χ3v) is 13.5. The molecule has 322 valence electrons. The number of benzene rings is 2. The average molecular weight is 854 g/mol. The van der Waals surface area contributed by atoms with E-state index in [-0.39, 0.29) is 24.0 Å². The summed E-state index contributed by atoms with van der Waals surface area (Å²) >= 11 is 0. The lowest BCUT2D eigenvalue weighted by molar-refractivity contribution is -0.696. The highest BCUT2D eigenvalue weighted by atomic mass is 33.1. The Morgan fingerprint density at radius 3 is 1.75 bits per heavy atom. The van der Waals surface area contributed by atoms with Crippen LogP contribution in [0.15, 0.2) is 95.8 Å². The van der Waals surface area contributed by atoms with E-state index in [0.717, 1.165) is 91.3 Å². The fraction of sp³-hybridized carbons (Fsp3) is 0.458. The maximum absolute atomic E-state index is 12.7. The van der Waals surface area contributed by atoms with Crippen molar-refractivity contribution in [2.45, 2.75) is 70.6 Å². The van der Waals surface area contributed by atoms with Crippen molar-refractivity contribution in [1.82, 2.24) is 9.80 Å². The Hall–Kier alpha value is -4.36. The number of carbonyl (C=O) groups is 2. The number of aliphatic hydroxyl groups excluding tert-OH is 2. The molecule has 5 rings (SSSR count). The van der Waals surface area contributed by atoms with E-state index in [1.807, 2.05) is 31.3 Å². The molecule has 2 fully saturated rings. The van der Waals surface area contributed by atoms with Gasteiger partial charge in [-0.1, -0.05) is 77.1 Å². The summed E-state index contributed by atoms with van der Waals surface area (Å²) in [5, 5.41) is 19.6. The van der Waals surface area contributed by atoms with Crippen LogP contribution in [0.5, 0.6) is 0 Å². The van der Waals surface area contributed by atoms with Gasteiger partial charge < -0.3 is 29.8 Å². The SMILES string of the molecule is CCC(/C=C/c1ccc(N2CCC(O)C2)cc1)=C\C=NCCN(C)C(=O)CCCSSCCCC(=O)N(C)CC[n+]1ccc(C=Cc2ccc(N3CCC(O)C3)cc2)cc1. The lowest BCUT2D eigenvalue weighted by Gasteiger charge is -2.17. The number of pyridine rings is 1. The van der Waals surface area contributed by atoms with Crippen LogP contribution in [0.3, 0.4) is 0 Å². The molecule has 3 heterocycles. The Bertz CT molecular complexity index is 1880. The van der Waals surface area contributed by atoms with Gasteiger partial charge in [0, 0.05) is 101 Å². The smallest absolute Gasteiger partial charge is 0.222 e. The van der Waals surface area contributed by atoms with Crippen molar-refractivity contribution in [2.75, 3.05) is 81.2 Å². The molecule has 1 aromatic heterocycles. The van der Waals surface area contributed by atoms with E-state index in [0.29, 0.717) is 45.6 Å². The van der Waals surface area contributed by atoms with Gasteiger partial charge in [-0.3, -0.25) is 14.6 Å². The first-order valence-corrected chi connectivity index (χ1v) is 24.0. The molecular weight excluding hydrogens is 789 g/mol. The molecule has 12 heteroatoms. The monoisotopic (exact) mass is 853 g/mol. The molecule has 2 saturated heterocycles. The number of β-amino-alcohol motifs (C(OH)–C–C–N with tert-alkyl or cyclic N) is 2. The molecule has 0 bridgehead atoms. The molecule has 10 nitrogen and oxygen atoms in total. The molecule has 2 N–H and O–H groups in total. The van der Waals surface area contributed by atoms with Crippen LogP contribution >= 0.6 is 21.6 Å². The van der Waals surface area contributed by atoms with Crippen LogP contribution in [-0.2, 0) is 16.1 Å². The lowest BCUT2D eigenvalue weighted by Crippen LogP contribution is -2.40. The topological polar surface area (TPSA) is 104 Å². The molecule has 2 aliphatic heterocycles. The van der Waals surface area contributed by atoms with Crippen LogP contribution < -0.4 is 14.4 Å². The number of aromatic nitrogens is 1. The van der Waals surface area contributed by atoms with Crippen molar-refractivity contribution in [3.63, 3.8) is 0 Å². The maximum atomic E-state index is 12.7. The zero-order chi connectivity index (χ0) is 42.5. The number of rotatable bonds is 23. The largest absolute Gasteiger partial charge is 0.391 e. The summed E-state index contributed by atoms with van der Waals surface area (Å²) in [6, 6.07) is 21.1. The first-order chi connectivity index (χ1) is 29.2. The first kappa shape index (κ1) is 46.7. The molecule has 0 spiro atoms. The zero-order valence-electron chi connectivity index (χ0n) is 35.8. The normalized spacial score (nSPS) is 17.2. The standard InChI is InChI=1S/C48H65N6O4S2/c1-4-39(9-10-40-13-17-43(18-14-40)53-30-24-45(55)37-53)21-26-49-27-32-50(2)47(57)7-5-35-59-60-36-6-8-48(58)51(3)33-34-52-28-22-42(23-29-52)12-11-41-15-19-44(20-16-41)54-31-25-46(56)38-54/h9-23,26,28-29,45-46,55-56H,4-8,24-25,27,30-38H2,1-3H3/q+1/b10-9+,39-21+,49-26?. The molecule has 2 aliphatic rings. The third kappa shape index (κ3) is 16.2. The summed E-state index contributed by atoms with van der Waals surface area (Å²) < 4.78 is 2.11. The summed E-state index contributed by atoms with van der Waals surface area (Å²) in [5.41, 5.74) is 6.88. The molecule has 2 amide bonds. The quantitative estimate of drug-likeness (QED) is 0.0338. The summed E-state index contributed by atoms with van der Waals surface area (Å²) in [7, 11) is 7.28. The van der Waals surface area contributed by atoms with Crippen molar-refractivity contribution in [3.8, 4) is 0 Å². The van der Waals surface area contributed by atoms with E-state index in [2.05, 4.69) is 124 Å². The third-order valence-electron chi connectivity index (χ3n) is 11.0. The van der Waals surface area contributed by atoms with Crippen molar-refractivity contribution in [2.24, 2.45) is 4.99 Å². The van der Waals surface area contributed by atoms with Gasteiger partial charge in [0.2, 0.25) is 11.8 Å². The number of aliphatic imine (C=N–C) groups is 1. The Kier molecular flexibility index (Phi) is 19.8. The van der Waals surface area contributed by atoms with E-state index in [4.69, 9.17) is 0 Å². The Morgan fingerprint density at radius 2 is 1.25 bits per heavy atom. The fourth-order valence-corrected chi connectivity index (χ4v) is 9.15. The number of nitrogens with zero attached hydrogens (tertiary/aromatic N) is 6. The van der Waals surface area contributed by atoms with E-state index in [1.54, 1.807) is 26.5 Å². The molecule has 3 aromatic rings. The number of allylic oxidation sites excluding steroid dienone is 3. The van der Waals surface area contributed by atoms with Gasteiger partial charge in [0.15, 0.2) is 18.9 Å². The number of hydrogen-bond acceptors (Lipinski definition) is 9. The molecule has 0 aliphatic carbocycles. The lowest BCUT2D eigenvalue weighted by atomic mass is 10.1. The van der Waals surface area contributed by atoms with Gasteiger partial charge in [0.05, 0.1) is 25.3 Å². The number of aliphatic hydroxyl groups is 2. The van der Waals surface area contributed by atoms with Gasteiger partial charge in [0.1, 0.15) is 0 Å².